The first-order valence-electron chi connectivity index (χ1n) is 4.02. The lowest BCUT2D eigenvalue weighted by Gasteiger charge is -2.23. The van der Waals surface area contributed by atoms with E-state index in [9.17, 15) is 0 Å². The maximum atomic E-state index is 5.94. The zero-order chi connectivity index (χ0) is 10.0. The van der Waals surface area contributed by atoms with E-state index in [1.165, 1.54) is 6.33 Å². The van der Waals surface area contributed by atoms with Crippen molar-refractivity contribution in [1.82, 2.24) is 9.97 Å². The van der Waals surface area contributed by atoms with Crippen LogP contribution >= 0.6 is 11.6 Å². The Kier molecular flexibility index (Phi) is 2.93. The zero-order valence-corrected chi connectivity index (χ0v) is 8.71. The summed E-state index contributed by atoms with van der Waals surface area (Å²) in [5, 5.41) is 0.415. The summed E-state index contributed by atoms with van der Waals surface area (Å²) >= 11 is 5.94. The second-order valence-electron chi connectivity index (χ2n) is 3.10. The van der Waals surface area contributed by atoms with Crippen molar-refractivity contribution in [3.8, 4) is 0 Å². The van der Waals surface area contributed by atoms with Crippen LogP contribution in [0.3, 0.4) is 0 Å². The van der Waals surface area contributed by atoms with Crippen LogP contribution < -0.4 is 10.6 Å². The molecule has 0 spiro atoms. The van der Waals surface area contributed by atoms with Gasteiger partial charge in [-0.2, -0.15) is 0 Å². The molecule has 0 aliphatic heterocycles. The van der Waals surface area contributed by atoms with E-state index >= 15 is 0 Å². The molecule has 5 heteroatoms. The smallest absolute Gasteiger partial charge is 0.153 e. The maximum Gasteiger partial charge on any atom is 0.153 e. The van der Waals surface area contributed by atoms with Gasteiger partial charge >= 0.3 is 0 Å². The molecule has 1 rings (SSSR count). The fourth-order valence-electron chi connectivity index (χ4n) is 0.864. The summed E-state index contributed by atoms with van der Waals surface area (Å²) in [4.78, 5) is 9.80. The van der Waals surface area contributed by atoms with E-state index in [0.717, 1.165) is 0 Å². The van der Waals surface area contributed by atoms with Crippen LogP contribution in [-0.2, 0) is 0 Å². The van der Waals surface area contributed by atoms with E-state index in [1.54, 1.807) is 0 Å². The van der Waals surface area contributed by atoms with Gasteiger partial charge in [0.15, 0.2) is 5.82 Å². The molecule has 1 aromatic rings. The Balaban J connectivity index is 3.07. The van der Waals surface area contributed by atoms with Crippen molar-refractivity contribution in [1.29, 1.82) is 0 Å². The molecule has 2 N–H and O–H groups in total. The molecule has 0 aromatic carbocycles. The number of nitrogens with two attached hydrogens (primary N) is 1. The van der Waals surface area contributed by atoms with Crippen molar-refractivity contribution in [2.75, 3.05) is 17.7 Å². The molecular weight excluding hydrogens is 188 g/mol. The third-order valence-electron chi connectivity index (χ3n) is 1.91. The van der Waals surface area contributed by atoms with Crippen LogP contribution in [0.25, 0.3) is 0 Å². The molecule has 0 unspecified atom stereocenters. The highest BCUT2D eigenvalue weighted by Gasteiger charge is 2.12. The average molecular weight is 201 g/mol. The van der Waals surface area contributed by atoms with E-state index < -0.39 is 0 Å². The lowest BCUT2D eigenvalue weighted by molar-refractivity contribution is 0.742. The SMILES string of the molecule is CC(C)N(C)c1ncnc(N)c1Cl. The third kappa shape index (κ3) is 2.01. The quantitative estimate of drug-likeness (QED) is 0.787. The average Bonchev–Trinajstić information content (AvgIpc) is 2.08. The van der Waals surface area contributed by atoms with Gasteiger partial charge in [-0.15, -0.1) is 0 Å². The molecular formula is C8H13ClN4. The number of hydrogen-bond acceptors (Lipinski definition) is 4. The van der Waals surface area contributed by atoms with Gasteiger partial charge in [-0.1, -0.05) is 11.6 Å². The highest BCUT2D eigenvalue weighted by Crippen LogP contribution is 2.26. The number of aromatic nitrogens is 2. The predicted octanol–water partition coefficient (Wildman–Crippen LogP) is 1.56. The molecule has 0 aliphatic carbocycles. The fraction of sp³-hybridized carbons (Fsp3) is 0.500. The zero-order valence-electron chi connectivity index (χ0n) is 7.95. The van der Waals surface area contributed by atoms with Crippen molar-refractivity contribution in [3.63, 3.8) is 0 Å². The summed E-state index contributed by atoms with van der Waals surface area (Å²) < 4.78 is 0. The van der Waals surface area contributed by atoms with Gasteiger partial charge in [-0.05, 0) is 13.8 Å². The van der Waals surface area contributed by atoms with Gasteiger partial charge < -0.3 is 10.6 Å². The Morgan fingerprint density at radius 2 is 2.08 bits per heavy atom. The van der Waals surface area contributed by atoms with Crippen LogP contribution in [-0.4, -0.2) is 23.1 Å². The highest BCUT2D eigenvalue weighted by atomic mass is 35.5. The van der Waals surface area contributed by atoms with Crippen LogP contribution in [0, 0.1) is 0 Å². The predicted molar refractivity (Wildman–Crippen MR) is 55.0 cm³/mol. The molecule has 72 valence electrons. The lowest BCUT2D eigenvalue weighted by atomic mass is 10.3. The fourth-order valence-corrected chi connectivity index (χ4v) is 1.10. The first-order chi connectivity index (χ1) is 6.04. The molecule has 1 aromatic heterocycles. The number of hydrogen-bond donors (Lipinski definition) is 1. The Labute approximate surface area is 82.7 Å². The summed E-state index contributed by atoms with van der Waals surface area (Å²) in [5.41, 5.74) is 5.55. The Morgan fingerprint density at radius 3 is 2.62 bits per heavy atom. The number of nitrogens with zero attached hydrogens (tertiary/aromatic N) is 3. The third-order valence-corrected chi connectivity index (χ3v) is 2.27. The number of halogens is 1. The minimum absolute atomic E-state index is 0.319. The summed E-state index contributed by atoms with van der Waals surface area (Å²) in [6.07, 6.45) is 1.41. The van der Waals surface area contributed by atoms with Gasteiger partial charge in [0, 0.05) is 13.1 Å². The number of rotatable bonds is 2. The molecule has 0 saturated carbocycles. The molecule has 4 nitrogen and oxygen atoms in total. The summed E-state index contributed by atoms with van der Waals surface area (Å²) in [7, 11) is 1.92. The highest BCUT2D eigenvalue weighted by molar-refractivity contribution is 6.35. The molecule has 0 fully saturated rings. The van der Waals surface area contributed by atoms with Crippen molar-refractivity contribution in [2.45, 2.75) is 19.9 Å². The molecule has 0 radical (unpaired) electrons. The summed E-state index contributed by atoms with van der Waals surface area (Å²) in [6, 6.07) is 0.326. The Bertz CT molecular complexity index is 300. The van der Waals surface area contributed by atoms with Crippen LogP contribution in [0.4, 0.5) is 11.6 Å². The second-order valence-corrected chi connectivity index (χ2v) is 3.48. The van der Waals surface area contributed by atoms with Crippen molar-refractivity contribution in [2.24, 2.45) is 0 Å². The number of nitrogen functional groups attached to an aromatic ring is 1. The van der Waals surface area contributed by atoms with Crippen molar-refractivity contribution < 1.29 is 0 Å². The monoisotopic (exact) mass is 200 g/mol. The minimum atomic E-state index is 0.319. The largest absolute Gasteiger partial charge is 0.382 e. The van der Waals surface area contributed by atoms with Gasteiger partial charge in [0.1, 0.15) is 17.2 Å². The van der Waals surface area contributed by atoms with Crippen LogP contribution in [0.5, 0.6) is 0 Å². The van der Waals surface area contributed by atoms with Crippen LogP contribution in [0.15, 0.2) is 6.33 Å². The van der Waals surface area contributed by atoms with E-state index in [1.807, 2.05) is 11.9 Å². The second kappa shape index (κ2) is 3.79. The molecule has 1 heterocycles. The van der Waals surface area contributed by atoms with Gasteiger partial charge in [0.25, 0.3) is 0 Å². The molecule has 13 heavy (non-hydrogen) atoms. The molecule has 0 atom stereocenters. The summed E-state index contributed by atoms with van der Waals surface area (Å²) in [6.45, 7) is 4.10. The molecule has 0 amide bonds. The first kappa shape index (κ1) is 10.1. The van der Waals surface area contributed by atoms with Gasteiger partial charge in [-0.25, -0.2) is 9.97 Å². The van der Waals surface area contributed by atoms with Crippen LogP contribution in [0.1, 0.15) is 13.8 Å². The van der Waals surface area contributed by atoms with Crippen molar-refractivity contribution in [3.05, 3.63) is 11.3 Å². The lowest BCUT2D eigenvalue weighted by Crippen LogP contribution is -2.27. The van der Waals surface area contributed by atoms with Crippen molar-refractivity contribution >= 4 is 23.2 Å². The summed E-state index contributed by atoms with van der Waals surface area (Å²) in [5.74, 6) is 0.989. The van der Waals surface area contributed by atoms with E-state index in [2.05, 4.69) is 23.8 Å². The maximum absolute atomic E-state index is 5.94. The van der Waals surface area contributed by atoms with Gasteiger partial charge in [0.05, 0.1) is 0 Å². The van der Waals surface area contributed by atoms with Gasteiger partial charge in [-0.3, -0.25) is 0 Å². The molecule has 0 bridgehead atoms. The standard InChI is InChI=1S/C8H13ClN4/c1-5(2)13(3)8-6(9)7(10)11-4-12-8/h4-5H,1-3H3,(H2,10,11,12). The first-order valence-corrected chi connectivity index (χ1v) is 4.40. The minimum Gasteiger partial charge on any atom is -0.382 e. The van der Waals surface area contributed by atoms with E-state index in [0.29, 0.717) is 22.7 Å². The molecule has 0 aliphatic rings. The Morgan fingerprint density at radius 1 is 1.46 bits per heavy atom. The van der Waals surface area contributed by atoms with E-state index in [-0.39, 0.29) is 0 Å². The topological polar surface area (TPSA) is 55.0 Å². The van der Waals surface area contributed by atoms with Gasteiger partial charge in [0.2, 0.25) is 0 Å². The normalized spacial score (nSPS) is 10.5. The Hall–Kier alpha value is -1.03. The van der Waals surface area contributed by atoms with Crippen LogP contribution in [0.2, 0.25) is 5.02 Å². The molecule has 0 saturated heterocycles. The van der Waals surface area contributed by atoms with E-state index in [4.69, 9.17) is 17.3 Å². The number of anilines is 2.